The first kappa shape index (κ1) is 16.2. The summed E-state index contributed by atoms with van der Waals surface area (Å²) in [6.07, 6.45) is 12.2. The number of hydrogen-bond acceptors (Lipinski definition) is 1. The first-order chi connectivity index (χ1) is 9.36. The predicted molar refractivity (Wildman–Crippen MR) is 85.6 cm³/mol. The van der Waals surface area contributed by atoms with Crippen LogP contribution < -0.4 is 5.32 Å². The minimum Gasteiger partial charge on any atom is -0.317 e. The van der Waals surface area contributed by atoms with Gasteiger partial charge in [0.15, 0.2) is 0 Å². The van der Waals surface area contributed by atoms with Crippen molar-refractivity contribution in [3.05, 3.63) is 35.9 Å². The number of benzene rings is 1. The first-order valence-electron chi connectivity index (χ1n) is 8.08. The Bertz CT molecular complexity index is 294. The third-order valence-corrected chi connectivity index (χ3v) is 3.94. The molecule has 108 valence electrons. The minimum atomic E-state index is 0.686. The average molecular weight is 261 g/mol. The van der Waals surface area contributed by atoms with E-state index < -0.39 is 0 Å². The fourth-order valence-electron chi connectivity index (χ4n) is 2.59. The van der Waals surface area contributed by atoms with Crippen LogP contribution in [0, 0.1) is 0 Å². The van der Waals surface area contributed by atoms with Crippen molar-refractivity contribution in [3.63, 3.8) is 0 Å². The van der Waals surface area contributed by atoms with E-state index in [2.05, 4.69) is 49.6 Å². The molecule has 0 bridgehead atoms. The Morgan fingerprint density at radius 3 is 2.26 bits per heavy atom. The van der Waals surface area contributed by atoms with Crippen molar-refractivity contribution in [1.29, 1.82) is 0 Å². The predicted octanol–water partition coefficient (Wildman–Crippen LogP) is 4.96. The molecule has 1 nitrogen and oxygen atoms in total. The molecule has 0 aliphatic rings. The van der Waals surface area contributed by atoms with Crippen LogP contribution in [-0.2, 0) is 6.42 Å². The van der Waals surface area contributed by atoms with Crippen LogP contribution in [0.5, 0.6) is 0 Å². The Kier molecular flexibility index (Phi) is 9.44. The quantitative estimate of drug-likeness (QED) is 0.555. The summed E-state index contributed by atoms with van der Waals surface area (Å²) < 4.78 is 0. The standard InChI is InChI=1S/C18H31N/c1-3-4-5-6-7-11-14-18(19-2)16-15-17-12-9-8-10-13-17/h8-10,12-13,18-19H,3-7,11,14-16H2,1-2H3. The van der Waals surface area contributed by atoms with E-state index in [0.29, 0.717) is 6.04 Å². The van der Waals surface area contributed by atoms with Crippen LogP contribution in [-0.4, -0.2) is 13.1 Å². The Morgan fingerprint density at radius 2 is 1.58 bits per heavy atom. The molecule has 0 aliphatic carbocycles. The molecule has 0 aliphatic heterocycles. The monoisotopic (exact) mass is 261 g/mol. The maximum atomic E-state index is 3.47. The van der Waals surface area contributed by atoms with Crippen LogP contribution in [0.25, 0.3) is 0 Å². The number of hydrogen-bond donors (Lipinski definition) is 1. The molecule has 1 aromatic carbocycles. The second-order valence-corrected chi connectivity index (χ2v) is 5.57. The van der Waals surface area contributed by atoms with E-state index in [0.717, 1.165) is 0 Å². The molecule has 1 heteroatoms. The molecule has 1 unspecified atom stereocenters. The summed E-state index contributed by atoms with van der Waals surface area (Å²) in [6, 6.07) is 11.5. The molecule has 1 aromatic rings. The van der Waals surface area contributed by atoms with Gasteiger partial charge in [-0.3, -0.25) is 0 Å². The second kappa shape index (κ2) is 11.0. The zero-order valence-corrected chi connectivity index (χ0v) is 12.8. The van der Waals surface area contributed by atoms with Crippen molar-refractivity contribution in [1.82, 2.24) is 5.32 Å². The van der Waals surface area contributed by atoms with Gasteiger partial charge in [0, 0.05) is 6.04 Å². The lowest BCUT2D eigenvalue weighted by Gasteiger charge is -2.16. The fraction of sp³-hybridized carbons (Fsp3) is 0.667. The van der Waals surface area contributed by atoms with Crippen LogP contribution in [0.4, 0.5) is 0 Å². The highest BCUT2D eigenvalue weighted by Gasteiger charge is 2.05. The van der Waals surface area contributed by atoms with Gasteiger partial charge in [0.2, 0.25) is 0 Å². The molecule has 0 aromatic heterocycles. The lowest BCUT2D eigenvalue weighted by Crippen LogP contribution is -2.25. The molecule has 0 spiro atoms. The molecule has 1 atom stereocenters. The van der Waals surface area contributed by atoms with E-state index >= 15 is 0 Å². The Hall–Kier alpha value is -0.820. The summed E-state index contributed by atoms with van der Waals surface area (Å²) in [6.45, 7) is 2.28. The van der Waals surface area contributed by atoms with Crippen molar-refractivity contribution < 1.29 is 0 Å². The molecule has 0 radical (unpaired) electrons. The summed E-state index contributed by atoms with van der Waals surface area (Å²) >= 11 is 0. The Labute approximate surface area is 119 Å². The van der Waals surface area contributed by atoms with E-state index in [9.17, 15) is 0 Å². The third-order valence-electron chi connectivity index (χ3n) is 3.94. The zero-order chi connectivity index (χ0) is 13.8. The van der Waals surface area contributed by atoms with Crippen molar-refractivity contribution in [3.8, 4) is 0 Å². The van der Waals surface area contributed by atoms with Crippen molar-refractivity contribution in [2.75, 3.05) is 7.05 Å². The van der Waals surface area contributed by atoms with E-state index in [1.807, 2.05) is 0 Å². The van der Waals surface area contributed by atoms with Gasteiger partial charge in [-0.15, -0.1) is 0 Å². The molecular weight excluding hydrogens is 230 g/mol. The summed E-state index contributed by atoms with van der Waals surface area (Å²) in [5.41, 5.74) is 1.46. The summed E-state index contributed by atoms with van der Waals surface area (Å²) in [5.74, 6) is 0. The van der Waals surface area contributed by atoms with Gasteiger partial charge in [-0.25, -0.2) is 0 Å². The fourth-order valence-corrected chi connectivity index (χ4v) is 2.59. The average Bonchev–Trinajstić information content (AvgIpc) is 2.47. The van der Waals surface area contributed by atoms with Crippen LogP contribution in [0.2, 0.25) is 0 Å². The van der Waals surface area contributed by atoms with Gasteiger partial charge >= 0.3 is 0 Å². The summed E-state index contributed by atoms with van der Waals surface area (Å²) in [5, 5.41) is 3.47. The maximum Gasteiger partial charge on any atom is 0.00672 e. The maximum absolute atomic E-state index is 3.47. The number of nitrogens with one attached hydrogen (secondary N) is 1. The molecule has 0 amide bonds. The SMILES string of the molecule is CCCCCCCCC(CCc1ccccc1)NC. The normalized spacial score (nSPS) is 12.5. The molecule has 1 rings (SSSR count). The van der Waals surface area contributed by atoms with Gasteiger partial charge in [0.05, 0.1) is 0 Å². The number of rotatable bonds is 11. The van der Waals surface area contributed by atoms with Gasteiger partial charge in [-0.05, 0) is 31.9 Å². The summed E-state index contributed by atoms with van der Waals surface area (Å²) in [4.78, 5) is 0. The highest BCUT2D eigenvalue weighted by Crippen LogP contribution is 2.12. The lowest BCUT2D eigenvalue weighted by molar-refractivity contribution is 0.458. The highest BCUT2D eigenvalue weighted by molar-refractivity contribution is 5.14. The van der Waals surface area contributed by atoms with E-state index in [4.69, 9.17) is 0 Å². The Morgan fingerprint density at radius 1 is 0.895 bits per heavy atom. The highest BCUT2D eigenvalue weighted by atomic mass is 14.9. The number of unbranched alkanes of at least 4 members (excludes halogenated alkanes) is 5. The molecule has 0 saturated carbocycles. The van der Waals surface area contributed by atoms with E-state index in [1.165, 1.54) is 63.4 Å². The third kappa shape index (κ3) is 8.05. The zero-order valence-electron chi connectivity index (χ0n) is 12.8. The van der Waals surface area contributed by atoms with Crippen molar-refractivity contribution in [2.24, 2.45) is 0 Å². The molecule has 0 saturated heterocycles. The van der Waals surface area contributed by atoms with Gasteiger partial charge in [-0.2, -0.15) is 0 Å². The lowest BCUT2D eigenvalue weighted by atomic mass is 10.00. The molecular formula is C18H31N. The van der Waals surface area contributed by atoms with Crippen LogP contribution in [0.3, 0.4) is 0 Å². The molecule has 19 heavy (non-hydrogen) atoms. The molecule has 0 fully saturated rings. The second-order valence-electron chi connectivity index (χ2n) is 5.57. The van der Waals surface area contributed by atoms with Gasteiger partial charge in [-0.1, -0.05) is 75.8 Å². The van der Waals surface area contributed by atoms with Gasteiger partial charge < -0.3 is 5.32 Å². The minimum absolute atomic E-state index is 0.686. The topological polar surface area (TPSA) is 12.0 Å². The summed E-state index contributed by atoms with van der Waals surface area (Å²) in [7, 11) is 2.10. The van der Waals surface area contributed by atoms with Gasteiger partial charge in [0.25, 0.3) is 0 Å². The van der Waals surface area contributed by atoms with E-state index in [1.54, 1.807) is 0 Å². The molecule has 1 N–H and O–H groups in total. The van der Waals surface area contributed by atoms with Gasteiger partial charge in [0.1, 0.15) is 0 Å². The van der Waals surface area contributed by atoms with Crippen molar-refractivity contribution in [2.45, 2.75) is 70.8 Å². The van der Waals surface area contributed by atoms with Crippen molar-refractivity contribution >= 4 is 0 Å². The van der Waals surface area contributed by atoms with E-state index in [-0.39, 0.29) is 0 Å². The Balaban J connectivity index is 2.09. The smallest absolute Gasteiger partial charge is 0.00672 e. The number of aryl methyl sites for hydroxylation is 1. The molecule has 0 heterocycles. The van der Waals surface area contributed by atoms with Crippen LogP contribution in [0.15, 0.2) is 30.3 Å². The first-order valence-corrected chi connectivity index (χ1v) is 8.08. The largest absolute Gasteiger partial charge is 0.317 e. The van der Waals surface area contributed by atoms with Crippen LogP contribution in [0.1, 0.15) is 63.9 Å². The van der Waals surface area contributed by atoms with Crippen LogP contribution >= 0.6 is 0 Å².